The molecule has 0 aliphatic heterocycles. The summed E-state index contributed by atoms with van der Waals surface area (Å²) < 4.78 is 36.7. The first-order valence-corrected chi connectivity index (χ1v) is 4.64. The van der Waals surface area contributed by atoms with Crippen LogP contribution in [-0.4, -0.2) is 11.0 Å². The highest BCUT2D eigenvalue weighted by Crippen LogP contribution is 2.29. The molecule has 0 spiro atoms. The molecule has 0 aliphatic carbocycles. The highest BCUT2D eigenvalue weighted by atomic mass is 19.4. The van der Waals surface area contributed by atoms with Gasteiger partial charge in [-0.2, -0.15) is 13.2 Å². The van der Waals surface area contributed by atoms with Gasteiger partial charge in [-0.15, -0.1) is 0 Å². The van der Waals surface area contributed by atoms with E-state index in [-0.39, 0.29) is 11.4 Å². The molecule has 0 saturated heterocycles. The van der Waals surface area contributed by atoms with E-state index in [1.54, 1.807) is 0 Å². The van der Waals surface area contributed by atoms with Crippen molar-refractivity contribution in [1.29, 1.82) is 0 Å². The molecule has 1 rings (SSSR count). The van der Waals surface area contributed by atoms with Gasteiger partial charge in [0.2, 0.25) is 0 Å². The second kappa shape index (κ2) is 4.90. The van der Waals surface area contributed by atoms with Gasteiger partial charge in [0, 0.05) is 11.8 Å². The minimum Gasteiger partial charge on any atom is -0.512 e. The zero-order valence-corrected chi connectivity index (χ0v) is 8.88. The van der Waals surface area contributed by atoms with Crippen molar-refractivity contribution in [2.45, 2.75) is 13.1 Å². The van der Waals surface area contributed by atoms with Crippen LogP contribution in [0.1, 0.15) is 12.5 Å². The van der Waals surface area contributed by atoms with Crippen LogP contribution in [0.3, 0.4) is 0 Å². The molecule has 1 amide bonds. The van der Waals surface area contributed by atoms with Gasteiger partial charge in [0.25, 0.3) is 5.91 Å². The van der Waals surface area contributed by atoms with Gasteiger partial charge in [0.15, 0.2) is 0 Å². The average molecular weight is 245 g/mol. The summed E-state index contributed by atoms with van der Waals surface area (Å²) in [5, 5.41) is 11.1. The number of rotatable bonds is 2. The number of halogens is 3. The SMILES string of the molecule is CC(O)=CC(=O)Nc1ccc(C(F)(F)F)cc1. The topological polar surface area (TPSA) is 49.3 Å². The smallest absolute Gasteiger partial charge is 0.416 e. The van der Waals surface area contributed by atoms with Crippen molar-refractivity contribution in [1.82, 2.24) is 0 Å². The van der Waals surface area contributed by atoms with Crippen molar-refractivity contribution in [2.75, 3.05) is 5.32 Å². The summed E-state index contributed by atoms with van der Waals surface area (Å²) in [6.45, 7) is 1.31. The van der Waals surface area contributed by atoms with Gasteiger partial charge in [-0.25, -0.2) is 0 Å². The Hall–Kier alpha value is -1.98. The number of carbonyl (C=O) groups is 1. The molecule has 0 heterocycles. The highest BCUT2D eigenvalue weighted by molar-refractivity contribution is 5.99. The third-order valence-corrected chi connectivity index (χ3v) is 1.82. The molecule has 17 heavy (non-hydrogen) atoms. The minimum absolute atomic E-state index is 0.186. The van der Waals surface area contributed by atoms with E-state index in [1.165, 1.54) is 6.92 Å². The fourth-order valence-corrected chi connectivity index (χ4v) is 1.11. The van der Waals surface area contributed by atoms with Gasteiger partial charge < -0.3 is 10.4 Å². The molecule has 0 unspecified atom stereocenters. The Labute approximate surface area is 95.6 Å². The Balaban J connectivity index is 2.76. The van der Waals surface area contributed by atoms with Crippen molar-refractivity contribution in [3.05, 3.63) is 41.7 Å². The molecule has 0 aliphatic rings. The first-order chi connectivity index (χ1) is 7.79. The van der Waals surface area contributed by atoms with E-state index in [0.29, 0.717) is 0 Å². The zero-order valence-electron chi connectivity index (χ0n) is 8.88. The van der Waals surface area contributed by atoms with Gasteiger partial charge >= 0.3 is 6.18 Å². The van der Waals surface area contributed by atoms with Crippen molar-refractivity contribution in [3.63, 3.8) is 0 Å². The summed E-state index contributed by atoms with van der Waals surface area (Å²) in [6.07, 6.45) is -3.47. The molecular formula is C11H10F3NO2. The molecule has 92 valence electrons. The van der Waals surface area contributed by atoms with Gasteiger partial charge in [0.1, 0.15) is 0 Å². The monoisotopic (exact) mass is 245 g/mol. The van der Waals surface area contributed by atoms with Crippen LogP contribution in [0, 0.1) is 0 Å². The number of anilines is 1. The third-order valence-electron chi connectivity index (χ3n) is 1.82. The maximum absolute atomic E-state index is 12.2. The fraction of sp³-hybridized carbons (Fsp3) is 0.182. The number of carbonyl (C=O) groups excluding carboxylic acids is 1. The number of hydrogen-bond acceptors (Lipinski definition) is 2. The summed E-state index contributed by atoms with van der Waals surface area (Å²) in [5.74, 6) is -0.792. The average Bonchev–Trinajstić information content (AvgIpc) is 2.15. The van der Waals surface area contributed by atoms with Gasteiger partial charge in [-0.1, -0.05) is 0 Å². The van der Waals surface area contributed by atoms with Crippen LogP contribution >= 0.6 is 0 Å². The molecular weight excluding hydrogens is 235 g/mol. The van der Waals surface area contributed by atoms with E-state index in [0.717, 1.165) is 30.3 Å². The molecule has 0 atom stereocenters. The fourth-order valence-electron chi connectivity index (χ4n) is 1.11. The largest absolute Gasteiger partial charge is 0.512 e. The van der Waals surface area contributed by atoms with Crippen molar-refractivity contribution >= 4 is 11.6 Å². The Bertz CT molecular complexity index is 431. The normalized spacial score (nSPS) is 12.4. The number of nitrogens with one attached hydrogen (secondary N) is 1. The number of hydrogen-bond donors (Lipinski definition) is 2. The van der Waals surface area contributed by atoms with Crippen LogP contribution in [0.25, 0.3) is 0 Å². The van der Waals surface area contributed by atoms with Gasteiger partial charge in [-0.05, 0) is 31.2 Å². The number of amides is 1. The summed E-state index contributed by atoms with van der Waals surface area (Å²) in [5.41, 5.74) is -0.565. The standard InChI is InChI=1S/C11H10F3NO2/c1-7(16)6-10(17)15-9-4-2-8(3-5-9)11(12,13)14/h2-6,16H,1H3,(H,15,17). The van der Waals surface area contributed by atoms with E-state index in [1.807, 2.05) is 0 Å². The lowest BCUT2D eigenvalue weighted by molar-refractivity contribution is -0.137. The predicted molar refractivity (Wildman–Crippen MR) is 56.5 cm³/mol. The Morgan fingerprint density at radius 1 is 1.29 bits per heavy atom. The molecule has 0 bridgehead atoms. The van der Waals surface area contributed by atoms with Crippen LogP contribution < -0.4 is 5.32 Å². The lowest BCUT2D eigenvalue weighted by Crippen LogP contribution is -2.09. The minimum atomic E-state index is -4.40. The Morgan fingerprint density at radius 3 is 2.24 bits per heavy atom. The van der Waals surface area contributed by atoms with Crippen molar-refractivity contribution in [3.8, 4) is 0 Å². The highest BCUT2D eigenvalue weighted by Gasteiger charge is 2.29. The van der Waals surface area contributed by atoms with Crippen LogP contribution in [0.4, 0.5) is 18.9 Å². The summed E-state index contributed by atoms with van der Waals surface area (Å²) in [4.78, 5) is 11.1. The molecule has 0 aromatic heterocycles. The lowest BCUT2D eigenvalue weighted by atomic mass is 10.2. The van der Waals surface area contributed by atoms with Crippen LogP contribution in [0.2, 0.25) is 0 Å². The number of alkyl halides is 3. The Morgan fingerprint density at radius 2 is 1.82 bits per heavy atom. The number of aliphatic hydroxyl groups is 1. The van der Waals surface area contributed by atoms with E-state index in [2.05, 4.69) is 5.32 Å². The quantitative estimate of drug-likeness (QED) is 0.621. The zero-order chi connectivity index (χ0) is 13.1. The third kappa shape index (κ3) is 4.18. The first kappa shape index (κ1) is 13.1. The van der Waals surface area contributed by atoms with Gasteiger partial charge in [0.05, 0.1) is 11.3 Å². The molecule has 0 saturated carbocycles. The van der Waals surface area contributed by atoms with Crippen LogP contribution in [0.15, 0.2) is 36.1 Å². The molecule has 0 radical (unpaired) electrons. The van der Waals surface area contributed by atoms with Crippen LogP contribution in [0.5, 0.6) is 0 Å². The predicted octanol–water partition coefficient (Wildman–Crippen LogP) is 3.11. The van der Waals surface area contributed by atoms with Crippen molar-refractivity contribution in [2.24, 2.45) is 0 Å². The van der Waals surface area contributed by atoms with E-state index in [9.17, 15) is 18.0 Å². The van der Waals surface area contributed by atoms with E-state index in [4.69, 9.17) is 5.11 Å². The maximum Gasteiger partial charge on any atom is 0.416 e. The number of benzene rings is 1. The molecule has 3 nitrogen and oxygen atoms in total. The maximum atomic E-state index is 12.2. The summed E-state index contributed by atoms with van der Waals surface area (Å²) in [7, 11) is 0. The molecule has 0 fully saturated rings. The van der Waals surface area contributed by atoms with Crippen LogP contribution in [-0.2, 0) is 11.0 Å². The second-order valence-electron chi connectivity index (χ2n) is 3.35. The number of aliphatic hydroxyl groups excluding tert-OH is 1. The van der Waals surface area contributed by atoms with Gasteiger partial charge in [-0.3, -0.25) is 4.79 Å². The first-order valence-electron chi connectivity index (χ1n) is 4.64. The molecule has 2 N–H and O–H groups in total. The number of allylic oxidation sites excluding steroid dienone is 1. The summed E-state index contributed by atoms with van der Waals surface area (Å²) in [6, 6.07) is 4.01. The molecule has 1 aromatic rings. The molecule has 1 aromatic carbocycles. The van der Waals surface area contributed by atoms with Crippen molar-refractivity contribution < 1.29 is 23.1 Å². The van der Waals surface area contributed by atoms with E-state index < -0.39 is 17.6 Å². The summed E-state index contributed by atoms with van der Waals surface area (Å²) >= 11 is 0. The lowest BCUT2D eigenvalue weighted by Gasteiger charge is -2.07. The second-order valence-corrected chi connectivity index (χ2v) is 3.35. The van der Waals surface area contributed by atoms with E-state index >= 15 is 0 Å². The molecule has 6 heteroatoms. The Kier molecular flexibility index (Phi) is 3.77.